The Morgan fingerprint density at radius 2 is 2.07 bits per heavy atom. The number of fused-ring (bicyclic) bond motifs is 1. The highest BCUT2D eigenvalue weighted by Crippen LogP contribution is 2.27. The molecule has 140 valence electrons. The number of ether oxygens (including phenoxy) is 1. The molecule has 3 heterocycles. The SMILES string of the molecule is COCCN1Cc2nnc(Cc3nn[nH]n3)n2[C@H](Cc2ccccc2)C1=O. The molecule has 0 saturated heterocycles. The van der Waals surface area contributed by atoms with E-state index in [0.717, 1.165) is 11.4 Å². The molecule has 0 spiro atoms. The van der Waals surface area contributed by atoms with Crippen molar-refractivity contribution in [2.75, 3.05) is 20.3 Å². The van der Waals surface area contributed by atoms with Gasteiger partial charge < -0.3 is 14.2 Å². The third-order valence-corrected chi connectivity index (χ3v) is 4.62. The zero-order valence-electron chi connectivity index (χ0n) is 14.9. The number of carbonyl (C=O) groups excluding carboxylic acids is 1. The molecule has 1 aliphatic rings. The molecule has 0 unspecified atom stereocenters. The Labute approximate surface area is 155 Å². The van der Waals surface area contributed by atoms with Gasteiger partial charge in [-0.1, -0.05) is 35.5 Å². The second kappa shape index (κ2) is 7.62. The number of nitrogens with one attached hydrogen (secondary N) is 1. The third-order valence-electron chi connectivity index (χ3n) is 4.62. The van der Waals surface area contributed by atoms with E-state index >= 15 is 0 Å². The molecule has 0 saturated carbocycles. The van der Waals surface area contributed by atoms with Crippen molar-refractivity contribution in [3.8, 4) is 0 Å². The molecule has 1 N–H and O–H groups in total. The number of amides is 1. The maximum Gasteiger partial charge on any atom is 0.246 e. The lowest BCUT2D eigenvalue weighted by Gasteiger charge is -2.33. The van der Waals surface area contributed by atoms with Crippen molar-refractivity contribution < 1.29 is 9.53 Å². The first-order valence-electron chi connectivity index (χ1n) is 8.73. The van der Waals surface area contributed by atoms with Crippen molar-refractivity contribution >= 4 is 5.91 Å². The topological polar surface area (TPSA) is 115 Å². The van der Waals surface area contributed by atoms with E-state index in [0.29, 0.717) is 44.2 Å². The smallest absolute Gasteiger partial charge is 0.246 e. The van der Waals surface area contributed by atoms with Crippen LogP contribution in [0, 0.1) is 0 Å². The summed E-state index contributed by atoms with van der Waals surface area (Å²) in [5, 5.41) is 22.6. The molecular formula is C17H20N8O2. The Bertz CT molecular complexity index is 893. The first-order chi connectivity index (χ1) is 13.3. The average Bonchev–Trinajstić information content (AvgIpc) is 3.34. The maximum atomic E-state index is 13.2. The van der Waals surface area contributed by atoms with Crippen LogP contribution >= 0.6 is 0 Å². The number of rotatable bonds is 7. The number of hydrogen-bond donors (Lipinski definition) is 1. The van der Waals surface area contributed by atoms with Gasteiger partial charge in [0.1, 0.15) is 11.9 Å². The quantitative estimate of drug-likeness (QED) is 0.631. The molecular weight excluding hydrogens is 348 g/mol. The number of carbonyl (C=O) groups is 1. The van der Waals surface area contributed by atoms with Gasteiger partial charge in [-0.3, -0.25) is 4.79 Å². The zero-order valence-corrected chi connectivity index (χ0v) is 14.9. The van der Waals surface area contributed by atoms with Crippen LogP contribution in [-0.4, -0.2) is 66.5 Å². The van der Waals surface area contributed by atoms with Gasteiger partial charge in [-0.25, -0.2) is 0 Å². The summed E-state index contributed by atoms with van der Waals surface area (Å²) in [7, 11) is 1.63. The fraction of sp³-hybridized carbons (Fsp3) is 0.412. The van der Waals surface area contributed by atoms with Crippen LogP contribution in [0.1, 0.15) is 29.1 Å². The molecule has 2 aromatic heterocycles. The first-order valence-corrected chi connectivity index (χ1v) is 8.73. The largest absolute Gasteiger partial charge is 0.383 e. The van der Waals surface area contributed by atoms with Gasteiger partial charge in [0.25, 0.3) is 0 Å². The Hall–Kier alpha value is -3.14. The van der Waals surface area contributed by atoms with Crippen LogP contribution in [0.15, 0.2) is 30.3 Å². The van der Waals surface area contributed by atoms with E-state index in [1.165, 1.54) is 0 Å². The zero-order chi connectivity index (χ0) is 18.6. The lowest BCUT2D eigenvalue weighted by atomic mass is 10.0. The molecule has 10 heteroatoms. The number of H-pyrrole nitrogens is 1. The van der Waals surface area contributed by atoms with Crippen LogP contribution in [0.25, 0.3) is 0 Å². The van der Waals surface area contributed by atoms with Crippen molar-refractivity contribution in [2.45, 2.75) is 25.4 Å². The molecule has 10 nitrogen and oxygen atoms in total. The third kappa shape index (κ3) is 3.56. The van der Waals surface area contributed by atoms with Crippen LogP contribution in [0.5, 0.6) is 0 Å². The summed E-state index contributed by atoms with van der Waals surface area (Å²) in [5.41, 5.74) is 1.08. The van der Waals surface area contributed by atoms with E-state index in [2.05, 4.69) is 30.8 Å². The Kier molecular flexibility index (Phi) is 4.88. The minimum Gasteiger partial charge on any atom is -0.383 e. The standard InChI is InChI=1S/C17H20N8O2/c1-27-8-7-24-11-16-21-20-15(10-14-18-22-23-19-14)25(16)13(17(24)26)9-12-5-3-2-4-6-12/h2-6,13H,7-11H2,1H3,(H,18,19,22,23)/t13-/m1/s1. The van der Waals surface area contributed by atoms with E-state index in [1.54, 1.807) is 12.0 Å². The second-order valence-corrected chi connectivity index (χ2v) is 6.37. The summed E-state index contributed by atoms with van der Waals surface area (Å²) < 4.78 is 7.07. The number of tetrazole rings is 1. The highest BCUT2D eigenvalue weighted by molar-refractivity contribution is 5.82. The van der Waals surface area contributed by atoms with Gasteiger partial charge in [0.15, 0.2) is 11.6 Å². The summed E-state index contributed by atoms with van der Waals surface area (Å²) in [5.74, 6) is 1.97. The van der Waals surface area contributed by atoms with Crippen molar-refractivity contribution in [1.82, 2.24) is 40.3 Å². The highest BCUT2D eigenvalue weighted by Gasteiger charge is 2.36. The molecule has 1 atom stereocenters. The average molecular weight is 368 g/mol. The summed E-state index contributed by atoms with van der Waals surface area (Å²) in [6.07, 6.45) is 0.924. The molecule has 0 aliphatic carbocycles. The van der Waals surface area contributed by atoms with Gasteiger partial charge in [-0.05, 0) is 5.56 Å². The molecule has 1 amide bonds. The molecule has 0 fully saturated rings. The van der Waals surface area contributed by atoms with E-state index in [9.17, 15) is 4.79 Å². The van der Waals surface area contributed by atoms with E-state index in [1.807, 2.05) is 34.9 Å². The minimum absolute atomic E-state index is 0.0394. The van der Waals surface area contributed by atoms with Crippen molar-refractivity contribution in [3.05, 3.63) is 53.4 Å². The van der Waals surface area contributed by atoms with Crippen molar-refractivity contribution in [2.24, 2.45) is 0 Å². The van der Waals surface area contributed by atoms with Crippen LogP contribution in [0.2, 0.25) is 0 Å². The first kappa shape index (κ1) is 17.3. The molecule has 0 radical (unpaired) electrons. The van der Waals surface area contributed by atoms with E-state index < -0.39 is 6.04 Å². The van der Waals surface area contributed by atoms with E-state index in [-0.39, 0.29) is 5.91 Å². The number of hydrogen-bond acceptors (Lipinski definition) is 7. The summed E-state index contributed by atoms with van der Waals surface area (Å²) in [6.45, 7) is 1.41. The predicted octanol–water partition coefficient (Wildman–Crippen LogP) is 0.154. The summed E-state index contributed by atoms with van der Waals surface area (Å²) in [6, 6.07) is 9.53. The highest BCUT2D eigenvalue weighted by atomic mass is 16.5. The van der Waals surface area contributed by atoms with Gasteiger partial charge in [-0.2, -0.15) is 5.21 Å². The number of benzene rings is 1. The fourth-order valence-corrected chi connectivity index (χ4v) is 3.32. The van der Waals surface area contributed by atoms with Crippen LogP contribution in [-0.2, 0) is 28.9 Å². The van der Waals surface area contributed by atoms with E-state index in [4.69, 9.17) is 4.74 Å². The monoisotopic (exact) mass is 368 g/mol. The number of aromatic amines is 1. The van der Waals surface area contributed by atoms with Crippen LogP contribution in [0.4, 0.5) is 0 Å². The lowest BCUT2D eigenvalue weighted by molar-refractivity contribution is -0.138. The van der Waals surface area contributed by atoms with Crippen LogP contribution in [0.3, 0.4) is 0 Å². The molecule has 3 aromatic rings. The number of methoxy groups -OCH3 is 1. The minimum atomic E-state index is -0.412. The summed E-state index contributed by atoms with van der Waals surface area (Å²) >= 11 is 0. The van der Waals surface area contributed by atoms with Crippen molar-refractivity contribution in [3.63, 3.8) is 0 Å². The Balaban J connectivity index is 1.68. The molecule has 0 bridgehead atoms. The lowest BCUT2D eigenvalue weighted by Crippen LogP contribution is -2.45. The van der Waals surface area contributed by atoms with Crippen LogP contribution < -0.4 is 0 Å². The Morgan fingerprint density at radius 1 is 1.22 bits per heavy atom. The van der Waals surface area contributed by atoms with Gasteiger partial charge in [0, 0.05) is 20.1 Å². The van der Waals surface area contributed by atoms with Gasteiger partial charge in [0.2, 0.25) is 5.91 Å². The molecule has 1 aromatic carbocycles. The van der Waals surface area contributed by atoms with Gasteiger partial charge in [0.05, 0.1) is 19.6 Å². The summed E-state index contributed by atoms with van der Waals surface area (Å²) in [4.78, 5) is 15.0. The molecule has 4 rings (SSSR count). The maximum absolute atomic E-state index is 13.2. The predicted molar refractivity (Wildman–Crippen MR) is 93.5 cm³/mol. The fourth-order valence-electron chi connectivity index (χ4n) is 3.32. The number of aromatic nitrogens is 7. The van der Waals surface area contributed by atoms with Gasteiger partial charge in [-0.15, -0.1) is 20.4 Å². The normalized spacial score (nSPS) is 16.6. The van der Waals surface area contributed by atoms with Gasteiger partial charge >= 0.3 is 0 Å². The number of nitrogens with zero attached hydrogens (tertiary/aromatic N) is 7. The second-order valence-electron chi connectivity index (χ2n) is 6.37. The Morgan fingerprint density at radius 3 is 2.81 bits per heavy atom. The molecule has 1 aliphatic heterocycles. The molecule has 27 heavy (non-hydrogen) atoms. The van der Waals surface area contributed by atoms with Crippen molar-refractivity contribution in [1.29, 1.82) is 0 Å².